The molecule has 1 spiro atoms. The van der Waals surface area contributed by atoms with E-state index in [4.69, 9.17) is 9.47 Å². The Balaban J connectivity index is 2.10. The van der Waals surface area contributed by atoms with Crippen molar-refractivity contribution >= 4 is 17.8 Å². The van der Waals surface area contributed by atoms with E-state index in [-0.39, 0.29) is 19.4 Å². The fourth-order valence-electron chi connectivity index (χ4n) is 2.70. The molecular weight excluding hydrogens is 282 g/mol. The molecule has 0 aromatic carbocycles. The normalized spacial score (nSPS) is 25.0. The van der Waals surface area contributed by atoms with Gasteiger partial charge in [0.25, 0.3) is 0 Å². The van der Waals surface area contributed by atoms with Crippen LogP contribution in [0.5, 0.6) is 0 Å². The molecule has 21 heavy (non-hydrogen) atoms. The van der Waals surface area contributed by atoms with Crippen molar-refractivity contribution in [1.29, 1.82) is 0 Å². The molecule has 118 valence electrons. The number of aliphatic carboxylic acids is 1. The summed E-state index contributed by atoms with van der Waals surface area (Å²) in [6, 6.07) is -1.00. The molecule has 0 bridgehead atoms. The average molecular weight is 301 g/mol. The van der Waals surface area contributed by atoms with Crippen molar-refractivity contribution in [1.82, 2.24) is 4.90 Å². The van der Waals surface area contributed by atoms with Crippen molar-refractivity contribution < 1.29 is 33.7 Å². The standard InChI is InChI=1S/C13H19NO7/c1-8(5-10(15)19-2)11(16)14-7-13(20-3-4-21-13)6-9(14)12(17)18/h8-9H,3-7H2,1-2H3,(H,17,18)/t8-,9-/m0/s1. The number of carbonyl (C=O) groups is 3. The highest BCUT2D eigenvalue weighted by Gasteiger charge is 2.53. The van der Waals surface area contributed by atoms with Gasteiger partial charge >= 0.3 is 11.9 Å². The Morgan fingerprint density at radius 2 is 2.00 bits per heavy atom. The zero-order valence-corrected chi connectivity index (χ0v) is 12.0. The van der Waals surface area contributed by atoms with Crippen LogP contribution in [0, 0.1) is 5.92 Å². The summed E-state index contributed by atoms with van der Waals surface area (Å²) >= 11 is 0. The monoisotopic (exact) mass is 301 g/mol. The minimum atomic E-state index is -1.11. The first-order valence-corrected chi connectivity index (χ1v) is 6.76. The van der Waals surface area contributed by atoms with Crippen LogP contribution in [-0.4, -0.2) is 66.5 Å². The van der Waals surface area contributed by atoms with Crippen LogP contribution in [0.25, 0.3) is 0 Å². The summed E-state index contributed by atoms with van der Waals surface area (Å²) in [5.74, 6) is -3.71. The molecule has 0 aliphatic carbocycles. The van der Waals surface area contributed by atoms with E-state index in [0.717, 1.165) is 0 Å². The summed E-state index contributed by atoms with van der Waals surface area (Å²) in [4.78, 5) is 36.2. The SMILES string of the molecule is COC(=O)C[C@H](C)C(=O)N1CC2(C[C@H]1C(=O)O)OCCO2. The number of hydrogen-bond donors (Lipinski definition) is 1. The van der Waals surface area contributed by atoms with Crippen LogP contribution in [0.2, 0.25) is 0 Å². The topological polar surface area (TPSA) is 102 Å². The molecule has 8 heteroatoms. The molecule has 0 saturated carbocycles. The molecule has 2 heterocycles. The van der Waals surface area contributed by atoms with Crippen molar-refractivity contribution in [2.45, 2.75) is 31.6 Å². The second kappa shape index (κ2) is 5.98. The van der Waals surface area contributed by atoms with Gasteiger partial charge in [0.05, 0.1) is 33.3 Å². The van der Waals surface area contributed by atoms with Gasteiger partial charge in [0.2, 0.25) is 5.91 Å². The van der Waals surface area contributed by atoms with Crippen LogP contribution in [0.3, 0.4) is 0 Å². The van der Waals surface area contributed by atoms with E-state index >= 15 is 0 Å². The van der Waals surface area contributed by atoms with E-state index < -0.39 is 35.6 Å². The number of carboxylic acids is 1. The lowest BCUT2D eigenvalue weighted by atomic mass is 10.1. The smallest absolute Gasteiger partial charge is 0.326 e. The van der Waals surface area contributed by atoms with Crippen LogP contribution < -0.4 is 0 Å². The maximum absolute atomic E-state index is 12.4. The molecule has 1 amide bonds. The van der Waals surface area contributed by atoms with Crippen LogP contribution in [0.1, 0.15) is 19.8 Å². The molecule has 1 N–H and O–H groups in total. The number of carboxylic acid groups (broad SMARTS) is 1. The summed E-state index contributed by atoms with van der Waals surface area (Å²) in [5, 5.41) is 9.29. The minimum Gasteiger partial charge on any atom is -0.480 e. The quantitative estimate of drug-likeness (QED) is 0.706. The number of ether oxygens (including phenoxy) is 3. The van der Waals surface area contributed by atoms with Gasteiger partial charge in [-0.25, -0.2) is 4.79 Å². The lowest BCUT2D eigenvalue weighted by Gasteiger charge is -2.25. The maximum Gasteiger partial charge on any atom is 0.326 e. The lowest BCUT2D eigenvalue weighted by Crippen LogP contribution is -2.44. The molecule has 2 aliphatic heterocycles. The predicted octanol–water partition coefficient (Wildman–Crippen LogP) is -0.386. The number of nitrogens with zero attached hydrogens (tertiary/aromatic N) is 1. The molecule has 2 rings (SSSR count). The number of amides is 1. The number of methoxy groups -OCH3 is 1. The van der Waals surface area contributed by atoms with Gasteiger partial charge in [-0.05, 0) is 0 Å². The Bertz CT molecular complexity index is 444. The fraction of sp³-hybridized carbons (Fsp3) is 0.769. The Kier molecular flexibility index (Phi) is 4.48. The van der Waals surface area contributed by atoms with Gasteiger partial charge in [0.15, 0.2) is 5.79 Å². The van der Waals surface area contributed by atoms with Crippen molar-refractivity contribution in [2.24, 2.45) is 5.92 Å². The highest BCUT2D eigenvalue weighted by molar-refractivity contribution is 5.88. The van der Waals surface area contributed by atoms with Crippen LogP contribution >= 0.6 is 0 Å². The maximum atomic E-state index is 12.4. The zero-order chi connectivity index (χ0) is 15.6. The molecule has 0 aromatic heterocycles. The van der Waals surface area contributed by atoms with Crippen molar-refractivity contribution in [3.8, 4) is 0 Å². The van der Waals surface area contributed by atoms with Gasteiger partial charge in [0, 0.05) is 12.3 Å². The minimum absolute atomic E-state index is 0.0638. The molecule has 2 saturated heterocycles. The summed E-state index contributed by atoms with van der Waals surface area (Å²) in [6.45, 7) is 2.39. The highest BCUT2D eigenvalue weighted by atomic mass is 16.7. The summed E-state index contributed by atoms with van der Waals surface area (Å²) in [6.07, 6.45) is 0.00586. The van der Waals surface area contributed by atoms with Gasteiger partial charge in [-0.1, -0.05) is 6.92 Å². The van der Waals surface area contributed by atoms with Crippen molar-refractivity contribution in [2.75, 3.05) is 26.9 Å². The summed E-state index contributed by atoms with van der Waals surface area (Å²) < 4.78 is 15.5. The second-order valence-corrected chi connectivity index (χ2v) is 5.31. The van der Waals surface area contributed by atoms with Gasteiger partial charge < -0.3 is 24.2 Å². The lowest BCUT2D eigenvalue weighted by molar-refractivity contribution is -0.155. The molecule has 0 aromatic rings. The van der Waals surface area contributed by atoms with Crippen LogP contribution in [0.4, 0.5) is 0 Å². The number of hydrogen-bond acceptors (Lipinski definition) is 6. The first-order valence-electron chi connectivity index (χ1n) is 6.76. The first-order chi connectivity index (χ1) is 9.88. The number of rotatable bonds is 4. The molecule has 0 unspecified atom stereocenters. The second-order valence-electron chi connectivity index (χ2n) is 5.31. The first kappa shape index (κ1) is 15.7. The number of esters is 1. The Hall–Kier alpha value is -1.67. The third-order valence-electron chi connectivity index (χ3n) is 3.80. The molecule has 2 atom stereocenters. The highest BCUT2D eigenvalue weighted by Crippen LogP contribution is 2.35. The van der Waals surface area contributed by atoms with Crippen molar-refractivity contribution in [3.63, 3.8) is 0 Å². The largest absolute Gasteiger partial charge is 0.480 e. The Morgan fingerprint density at radius 1 is 1.38 bits per heavy atom. The van der Waals surface area contributed by atoms with Gasteiger partial charge in [-0.3, -0.25) is 9.59 Å². The zero-order valence-electron chi connectivity index (χ0n) is 12.0. The summed E-state index contributed by atoms with van der Waals surface area (Å²) in [7, 11) is 1.24. The third kappa shape index (κ3) is 3.16. The molecule has 8 nitrogen and oxygen atoms in total. The van der Waals surface area contributed by atoms with Gasteiger partial charge in [-0.2, -0.15) is 0 Å². The Labute approximate surface area is 121 Å². The van der Waals surface area contributed by atoms with Crippen molar-refractivity contribution in [3.05, 3.63) is 0 Å². The van der Waals surface area contributed by atoms with E-state index in [1.165, 1.54) is 12.0 Å². The molecular formula is C13H19NO7. The third-order valence-corrected chi connectivity index (χ3v) is 3.80. The van der Waals surface area contributed by atoms with E-state index in [1.54, 1.807) is 6.92 Å². The van der Waals surface area contributed by atoms with E-state index in [9.17, 15) is 19.5 Å². The molecule has 2 aliphatic rings. The predicted molar refractivity (Wildman–Crippen MR) is 68.2 cm³/mol. The van der Waals surface area contributed by atoms with E-state index in [1.807, 2.05) is 0 Å². The van der Waals surface area contributed by atoms with E-state index in [2.05, 4.69) is 4.74 Å². The van der Waals surface area contributed by atoms with Crippen LogP contribution in [0.15, 0.2) is 0 Å². The molecule has 2 fully saturated rings. The number of likely N-dealkylation sites (tertiary alicyclic amines) is 1. The average Bonchev–Trinajstić information content (AvgIpc) is 3.05. The molecule has 0 radical (unpaired) electrons. The summed E-state index contributed by atoms with van der Waals surface area (Å²) in [5.41, 5.74) is 0. The van der Waals surface area contributed by atoms with E-state index in [0.29, 0.717) is 13.2 Å². The van der Waals surface area contributed by atoms with Gasteiger partial charge in [-0.15, -0.1) is 0 Å². The Morgan fingerprint density at radius 3 is 2.52 bits per heavy atom. The number of carbonyl (C=O) groups excluding carboxylic acids is 2. The van der Waals surface area contributed by atoms with Gasteiger partial charge in [0.1, 0.15) is 6.04 Å². The van der Waals surface area contributed by atoms with Crippen LogP contribution in [-0.2, 0) is 28.6 Å². The fourth-order valence-corrected chi connectivity index (χ4v) is 2.70.